The fourth-order valence-corrected chi connectivity index (χ4v) is 2.08. The third kappa shape index (κ3) is 3.19. The van der Waals surface area contributed by atoms with Crippen LogP contribution in [0.4, 0.5) is 0 Å². The summed E-state index contributed by atoms with van der Waals surface area (Å²) in [7, 11) is 1.44. The number of nitrogens with one attached hydrogen (secondary N) is 1. The Labute approximate surface area is 111 Å². The third-order valence-corrected chi connectivity index (χ3v) is 3.19. The predicted molar refractivity (Wildman–Crippen MR) is 69.1 cm³/mol. The Bertz CT molecular complexity index is 499. The summed E-state index contributed by atoms with van der Waals surface area (Å²) in [6.45, 7) is 0. The second-order valence-electron chi connectivity index (χ2n) is 4.61. The first kappa shape index (κ1) is 13.3. The summed E-state index contributed by atoms with van der Waals surface area (Å²) in [4.78, 5) is 36.1. The van der Waals surface area contributed by atoms with Crippen LogP contribution in [-0.2, 0) is 20.8 Å². The fraction of sp³-hybridized carbons (Fsp3) is 0.357. The maximum Gasteiger partial charge on any atom is 0.251 e. The minimum absolute atomic E-state index is 0.196. The zero-order valence-corrected chi connectivity index (χ0v) is 10.8. The van der Waals surface area contributed by atoms with Gasteiger partial charge in [-0.1, -0.05) is 30.3 Å². The Hall–Kier alpha value is -2.17. The van der Waals surface area contributed by atoms with E-state index >= 15 is 0 Å². The Morgan fingerprint density at radius 3 is 2.68 bits per heavy atom. The normalized spacial score (nSPS) is 19.4. The lowest BCUT2D eigenvalue weighted by Gasteiger charge is -2.28. The number of carbonyl (C=O) groups excluding carboxylic acids is 3. The number of rotatable bonds is 3. The zero-order chi connectivity index (χ0) is 13.8. The number of hydrogen-bond acceptors (Lipinski definition) is 3. The Balaban J connectivity index is 1.92. The zero-order valence-electron chi connectivity index (χ0n) is 10.8. The summed E-state index contributed by atoms with van der Waals surface area (Å²) < 4.78 is 0. The summed E-state index contributed by atoms with van der Waals surface area (Å²) in [6, 6.07) is 8.74. The maximum absolute atomic E-state index is 11.8. The van der Waals surface area contributed by atoms with Gasteiger partial charge >= 0.3 is 0 Å². The average Bonchev–Trinajstić information content (AvgIpc) is 2.41. The highest BCUT2D eigenvalue weighted by atomic mass is 16.2. The lowest BCUT2D eigenvalue weighted by Crippen LogP contribution is -2.53. The highest BCUT2D eigenvalue weighted by molar-refractivity contribution is 6.01. The topological polar surface area (TPSA) is 66.5 Å². The van der Waals surface area contributed by atoms with Gasteiger partial charge in [-0.05, 0) is 12.0 Å². The number of hydrogen-bond donors (Lipinski definition) is 1. The standard InChI is InChI=1S/C14H16N2O3/c1-16-13(18)8-7-11(14(16)19)15-12(17)9-10-5-3-2-4-6-10/h2-6,11H,7-9H2,1H3,(H,15,17)/t11-/m0/s1. The molecule has 1 N–H and O–H groups in total. The Kier molecular flexibility index (Phi) is 3.94. The molecule has 0 spiro atoms. The van der Waals surface area contributed by atoms with E-state index in [2.05, 4.69) is 5.32 Å². The van der Waals surface area contributed by atoms with E-state index in [4.69, 9.17) is 0 Å². The molecule has 5 heteroatoms. The number of likely N-dealkylation sites (N-methyl/N-ethyl adjacent to an activating group) is 1. The van der Waals surface area contributed by atoms with E-state index in [0.29, 0.717) is 12.8 Å². The van der Waals surface area contributed by atoms with Crippen molar-refractivity contribution in [1.82, 2.24) is 10.2 Å². The van der Waals surface area contributed by atoms with Crippen LogP contribution in [0.1, 0.15) is 18.4 Å². The van der Waals surface area contributed by atoms with Crippen molar-refractivity contribution in [3.63, 3.8) is 0 Å². The summed E-state index contributed by atoms with van der Waals surface area (Å²) in [5.41, 5.74) is 0.896. The molecule has 19 heavy (non-hydrogen) atoms. The van der Waals surface area contributed by atoms with E-state index in [0.717, 1.165) is 10.5 Å². The molecule has 1 aliphatic rings. The minimum atomic E-state index is -0.584. The molecule has 100 valence electrons. The predicted octanol–water partition coefficient (Wildman–Crippen LogP) is 0.493. The number of piperidine rings is 1. The highest BCUT2D eigenvalue weighted by Gasteiger charge is 2.32. The molecule has 1 aliphatic heterocycles. The van der Waals surface area contributed by atoms with Crippen LogP contribution < -0.4 is 5.32 Å². The molecular weight excluding hydrogens is 244 g/mol. The van der Waals surface area contributed by atoms with Crippen molar-refractivity contribution in [2.45, 2.75) is 25.3 Å². The van der Waals surface area contributed by atoms with E-state index in [1.54, 1.807) is 0 Å². The van der Waals surface area contributed by atoms with Crippen molar-refractivity contribution in [1.29, 1.82) is 0 Å². The molecule has 2 rings (SSSR count). The minimum Gasteiger partial charge on any atom is -0.344 e. The molecule has 0 saturated carbocycles. The summed E-state index contributed by atoms with van der Waals surface area (Å²) in [6.07, 6.45) is 0.906. The molecule has 1 saturated heterocycles. The smallest absolute Gasteiger partial charge is 0.251 e. The van der Waals surface area contributed by atoms with E-state index < -0.39 is 6.04 Å². The summed E-state index contributed by atoms with van der Waals surface area (Å²) >= 11 is 0. The monoisotopic (exact) mass is 260 g/mol. The molecule has 0 bridgehead atoms. The first-order chi connectivity index (χ1) is 9.08. The Morgan fingerprint density at radius 1 is 1.32 bits per heavy atom. The molecule has 1 atom stereocenters. The second-order valence-corrected chi connectivity index (χ2v) is 4.61. The van der Waals surface area contributed by atoms with Gasteiger partial charge in [0, 0.05) is 13.5 Å². The lowest BCUT2D eigenvalue weighted by atomic mass is 10.0. The quantitative estimate of drug-likeness (QED) is 0.804. The largest absolute Gasteiger partial charge is 0.344 e. The van der Waals surface area contributed by atoms with Crippen LogP contribution in [0.15, 0.2) is 30.3 Å². The van der Waals surface area contributed by atoms with Gasteiger partial charge in [-0.2, -0.15) is 0 Å². The van der Waals surface area contributed by atoms with Gasteiger partial charge in [0.05, 0.1) is 6.42 Å². The number of benzene rings is 1. The molecule has 1 aromatic rings. The third-order valence-electron chi connectivity index (χ3n) is 3.19. The Morgan fingerprint density at radius 2 is 2.00 bits per heavy atom. The number of nitrogens with zero attached hydrogens (tertiary/aromatic N) is 1. The molecule has 5 nitrogen and oxygen atoms in total. The van der Waals surface area contributed by atoms with Crippen LogP contribution in [0.5, 0.6) is 0 Å². The van der Waals surface area contributed by atoms with Gasteiger partial charge in [0.2, 0.25) is 11.8 Å². The molecule has 0 radical (unpaired) electrons. The van der Waals surface area contributed by atoms with E-state index in [-0.39, 0.29) is 24.1 Å². The van der Waals surface area contributed by atoms with Crippen molar-refractivity contribution in [2.24, 2.45) is 0 Å². The molecule has 0 aliphatic carbocycles. The second kappa shape index (κ2) is 5.65. The maximum atomic E-state index is 11.8. The summed E-state index contributed by atoms with van der Waals surface area (Å²) in [5, 5.41) is 2.69. The molecule has 1 fully saturated rings. The van der Waals surface area contributed by atoms with Gasteiger partial charge in [-0.15, -0.1) is 0 Å². The van der Waals surface area contributed by atoms with Gasteiger partial charge in [-0.25, -0.2) is 0 Å². The van der Waals surface area contributed by atoms with E-state index in [1.807, 2.05) is 30.3 Å². The SMILES string of the molecule is CN1C(=O)CC[C@H](NC(=O)Cc2ccccc2)C1=O. The fourth-order valence-electron chi connectivity index (χ4n) is 2.08. The van der Waals surface area contributed by atoms with Crippen LogP contribution in [0.2, 0.25) is 0 Å². The summed E-state index contributed by atoms with van der Waals surface area (Å²) in [5.74, 6) is -0.733. The van der Waals surface area contributed by atoms with E-state index in [1.165, 1.54) is 7.05 Å². The van der Waals surface area contributed by atoms with Crippen molar-refractivity contribution in [2.75, 3.05) is 7.05 Å². The molecule has 0 unspecified atom stereocenters. The number of amides is 3. The first-order valence-corrected chi connectivity index (χ1v) is 6.21. The van der Waals surface area contributed by atoms with Crippen molar-refractivity contribution >= 4 is 17.7 Å². The molecule has 0 aromatic heterocycles. The molecule has 3 amide bonds. The van der Waals surface area contributed by atoms with Crippen LogP contribution in [0.25, 0.3) is 0 Å². The average molecular weight is 260 g/mol. The highest BCUT2D eigenvalue weighted by Crippen LogP contribution is 2.11. The van der Waals surface area contributed by atoms with E-state index in [9.17, 15) is 14.4 Å². The van der Waals surface area contributed by atoms with Gasteiger partial charge < -0.3 is 5.32 Å². The van der Waals surface area contributed by atoms with Gasteiger partial charge in [-0.3, -0.25) is 19.3 Å². The van der Waals surface area contributed by atoms with Crippen molar-refractivity contribution < 1.29 is 14.4 Å². The van der Waals surface area contributed by atoms with Gasteiger partial charge in [0.25, 0.3) is 5.91 Å². The number of carbonyl (C=O) groups is 3. The van der Waals surface area contributed by atoms with Gasteiger partial charge in [0.15, 0.2) is 0 Å². The number of likely N-dealkylation sites (tertiary alicyclic amines) is 1. The van der Waals surface area contributed by atoms with Crippen LogP contribution in [-0.4, -0.2) is 35.7 Å². The van der Waals surface area contributed by atoms with Crippen molar-refractivity contribution in [3.8, 4) is 0 Å². The lowest BCUT2D eigenvalue weighted by molar-refractivity contribution is -0.149. The molecule has 1 heterocycles. The van der Waals surface area contributed by atoms with Crippen LogP contribution in [0, 0.1) is 0 Å². The number of imide groups is 1. The molecule has 1 aromatic carbocycles. The molecular formula is C14H16N2O3. The van der Waals surface area contributed by atoms with Crippen molar-refractivity contribution in [3.05, 3.63) is 35.9 Å². The first-order valence-electron chi connectivity index (χ1n) is 6.21. The van der Waals surface area contributed by atoms with Crippen LogP contribution in [0.3, 0.4) is 0 Å². The van der Waals surface area contributed by atoms with Gasteiger partial charge in [0.1, 0.15) is 6.04 Å². The van der Waals surface area contributed by atoms with Crippen LogP contribution >= 0.6 is 0 Å².